The lowest BCUT2D eigenvalue weighted by atomic mass is 10.2. The van der Waals surface area contributed by atoms with E-state index in [2.05, 4.69) is 9.97 Å². The van der Waals surface area contributed by atoms with Gasteiger partial charge in [0.25, 0.3) is 0 Å². The van der Waals surface area contributed by atoms with Crippen molar-refractivity contribution < 1.29 is 5.21 Å². The molecule has 0 aromatic carbocycles. The summed E-state index contributed by atoms with van der Waals surface area (Å²) in [5.74, 6) is 0.875. The van der Waals surface area contributed by atoms with Gasteiger partial charge in [0.2, 0.25) is 0 Å². The molecule has 0 unspecified atom stereocenters. The van der Waals surface area contributed by atoms with Gasteiger partial charge in [0.1, 0.15) is 16.9 Å². The number of hydrogen-bond acceptors (Lipinski definition) is 3. The fourth-order valence-electron chi connectivity index (χ4n) is 1.31. The zero-order chi connectivity index (χ0) is 9.42. The smallest absolute Gasteiger partial charge is 0.148 e. The van der Waals surface area contributed by atoms with Crippen LogP contribution in [0, 0.1) is 0 Å². The summed E-state index contributed by atoms with van der Waals surface area (Å²) in [6.45, 7) is 3.97. The topological polar surface area (TPSA) is 50.9 Å². The zero-order valence-electron chi connectivity index (χ0n) is 7.60. The molecule has 0 bridgehead atoms. The summed E-state index contributed by atoms with van der Waals surface area (Å²) < 4.78 is 1.13. The van der Waals surface area contributed by atoms with E-state index in [1.165, 1.54) is 0 Å². The van der Waals surface area contributed by atoms with Gasteiger partial charge in [0.15, 0.2) is 0 Å². The van der Waals surface area contributed by atoms with Gasteiger partial charge in [-0.15, -0.1) is 0 Å². The van der Waals surface area contributed by atoms with Crippen LogP contribution in [-0.2, 0) is 0 Å². The molecule has 0 aliphatic carbocycles. The Hall–Kier alpha value is -1.58. The molecular weight excluding hydrogens is 166 g/mol. The quantitative estimate of drug-likeness (QED) is 0.675. The van der Waals surface area contributed by atoms with E-state index in [1.807, 2.05) is 13.8 Å². The number of rotatable bonds is 1. The molecule has 2 aromatic rings. The lowest BCUT2D eigenvalue weighted by molar-refractivity contribution is 0.185. The van der Waals surface area contributed by atoms with Crippen molar-refractivity contribution in [2.24, 2.45) is 0 Å². The van der Waals surface area contributed by atoms with Gasteiger partial charge in [-0.05, 0) is 6.07 Å². The number of aromatic nitrogens is 3. The van der Waals surface area contributed by atoms with Crippen LogP contribution in [0.3, 0.4) is 0 Å². The molecule has 0 amide bonds. The van der Waals surface area contributed by atoms with Crippen LogP contribution in [0.5, 0.6) is 0 Å². The van der Waals surface area contributed by atoms with Crippen molar-refractivity contribution in [1.29, 1.82) is 0 Å². The summed E-state index contributed by atoms with van der Waals surface area (Å²) in [6, 6.07) is 1.74. The molecule has 2 aromatic heterocycles. The van der Waals surface area contributed by atoms with Gasteiger partial charge in [-0.3, -0.25) is 4.98 Å². The minimum Gasteiger partial charge on any atom is -0.427 e. The van der Waals surface area contributed by atoms with E-state index in [-0.39, 0.29) is 5.92 Å². The molecule has 2 heterocycles. The highest BCUT2D eigenvalue weighted by Gasteiger charge is 2.11. The van der Waals surface area contributed by atoms with Crippen molar-refractivity contribution in [3.8, 4) is 0 Å². The number of pyridine rings is 1. The molecule has 13 heavy (non-hydrogen) atoms. The number of fused-ring (bicyclic) bond motifs is 1. The second kappa shape index (κ2) is 2.73. The lowest BCUT2D eigenvalue weighted by Gasteiger charge is -2.02. The Morgan fingerprint density at radius 3 is 2.85 bits per heavy atom. The van der Waals surface area contributed by atoms with Crippen LogP contribution in [0.2, 0.25) is 0 Å². The van der Waals surface area contributed by atoms with Gasteiger partial charge in [-0.2, -0.15) is 4.73 Å². The maximum atomic E-state index is 9.69. The summed E-state index contributed by atoms with van der Waals surface area (Å²) in [6.07, 6.45) is 3.29. The fraction of sp³-hybridized carbons (Fsp3) is 0.333. The maximum Gasteiger partial charge on any atom is 0.148 e. The first kappa shape index (κ1) is 8.04. The van der Waals surface area contributed by atoms with Crippen LogP contribution in [0.15, 0.2) is 18.5 Å². The monoisotopic (exact) mass is 177 g/mol. The molecule has 0 aliphatic heterocycles. The SMILES string of the molecule is CC(C)c1nc2cnccc2n1O. The average Bonchev–Trinajstić information content (AvgIpc) is 2.45. The van der Waals surface area contributed by atoms with E-state index in [4.69, 9.17) is 0 Å². The third-order valence-electron chi connectivity index (χ3n) is 1.97. The van der Waals surface area contributed by atoms with Crippen LogP contribution in [0.4, 0.5) is 0 Å². The Morgan fingerprint density at radius 2 is 2.23 bits per heavy atom. The van der Waals surface area contributed by atoms with Crippen LogP contribution in [0.1, 0.15) is 25.6 Å². The van der Waals surface area contributed by atoms with E-state index in [0.29, 0.717) is 11.3 Å². The van der Waals surface area contributed by atoms with Crippen LogP contribution in [-0.4, -0.2) is 19.9 Å². The van der Waals surface area contributed by atoms with Crippen LogP contribution >= 0.6 is 0 Å². The molecule has 68 valence electrons. The molecule has 0 spiro atoms. The van der Waals surface area contributed by atoms with Crippen molar-refractivity contribution in [2.75, 3.05) is 0 Å². The molecule has 1 N–H and O–H groups in total. The van der Waals surface area contributed by atoms with Gasteiger partial charge in [-0.25, -0.2) is 4.98 Å². The molecule has 0 radical (unpaired) electrons. The van der Waals surface area contributed by atoms with Gasteiger partial charge >= 0.3 is 0 Å². The van der Waals surface area contributed by atoms with Gasteiger partial charge in [-0.1, -0.05) is 13.8 Å². The first-order valence-electron chi connectivity index (χ1n) is 4.21. The summed E-state index contributed by atoms with van der Waals surface area (Å²) in [4.78, 5) is 8.20. The Kier molecular flexibility index (Phi) is 1.69. The highest BCUT2D eigenvalue weighted by molar-refractivity contribution is 5.74. The van der Waals surface area contributed by atoms with E-state index < -0.39 is 0 Å². The number of hydrogen-bond donors (Lipinski definition) is 1. The van der Waals surface area contributed by atoms with Crippen molar-refractivity contribution in [2.45, 2.75) is 19.8 Å². The first-order valence-corrected chi connectivity index (χ1v) is 4.21. The molecule has 0 saturated heterocycles. The predicted molar refractivity (Wildman–Crippen MR) is 48.8 cm³/mol. The Labute approximate surface area is 75.8 Å². The second-order valence-electron chi connectivity index (χ2n) is 3.30. The number of imidazole rings is 1. The molecule has 4 heteroatoms. The molecule has 0 atom stereocenters. The van der Waals surface area contributed by atoms with Crippen molar-refractivity contribution in [3.63, 3.8) is 0 Å². The Balaban J connectivity index is 2.74. The lowest BCUT2D eigenvalue weighted by Crippen LogP contribution is -2.00. The van der Waals surface area contributed by atoms with Crippen LogP contribution in [0.25, 0.3) is 11.0 Å². The van der Waals surface area contributed by atoms with Gasteiger partial charge < -0.3 is 5.21 Å². The standard InChI is InChI=1S/C9H11N3O/c1-6(2)9-11-7-5-10-4-3-8(7)12(9)13/h3-6,13H,1-2H3. The molecule has 0 saturated carbocycles. The Morgan fingerprint density at radius 1 is 1.46 bits per heavy atom. The minimum absolute atomic E-state index is 0.206. The van der Waals surface area contributed by atoms with E-state index in [9.17, 15) is 5.21 Å². The molecular formula is C9H11N3O. The van der Waals surface area contributed by atoms with Gasteiger partial charge in [0.05, 0.1) is 6.20 Å². The summed E-state index contributed by atoms with van der Waals surface area (Å²) in [5.41, 5.74) is 1.44. The highest BCUT2D eigenvalue weighted by atomic mass is 16.5. The minimum atomic E-state index is 0.206. The van der Waals surface area contributed by atoms with Crippen LogP contribution < -0.4 is 0 Å². The summed E-state index contributed by atoms with van der Waals surface area (Å²) in [7, 11) is 0. The maximum absolute atomic E-state index is 9.69. The van der Waals surface area contributed by atoms with E-state index >= 15 is 0 Å². The summed E-state index contributed by atoms with van der Waals surface area (Å²) in [5, 5.41) is 9.69. The largest absolute Gasteiger partial charge is 0.427 e. The van der Waals surface area contributed by atoms with Crippen molar-refractivity contribution in [3.05, 3.63) is 24.3 Å². The zero-order valence-corrected chi connectivity index (χ0v) is 7.60. The first-order chi connectivity index (χ1) is 6.20. The third-order valence-corrected chi connectivity index (χ3v) is 1.97. The van der Waals surface area contributed by atoms with E-state index in [0.717, 1.165) is 10.2 Å². The predicted octanol–water partition coefficient (Wildman–Crippen LogP) is 1.79. The second-order valence-corrected chi connectivity index (χ2v) is 3.30. The molecule has 0 fully saturated rings. The third kappa shape index (κ3) is 1.14. The Bertz CT molecular complexity index is 433. The summed E-state index contributed by atoms with van der Waals surface area (Å²) >= 11 is 0. The normalized spacial score (nSPS) is 11.3. The van der Waals surface area contributed by atoms with Crippen molar-refractivity contribution >= 4 is 11.0 Å². The van der Waals surface area contributed by atoms with Gasteiger partial charge in [0, 0.05) is 12.1 Å². The molecule has 0 aliphatic rings. The molecule has 4 nitrogen and oxygen atoms in total. The highest BCUT2D eigenvalue weighted by Crippen LogP contribution is 2.18. The van der Waals surface area contributed by atoms with Crippen molar-refractivity contribution in [1.82, 2.24) is 14.7 Å². The number of nitrogens with zero attached hydrogens (tertiary/aromatic N) is 3. The average molecular weight is 177 g/mol. The molecule has 2 rings (SSSR count). The fourth-order valence-corrected chi connectivity index (χ4v) is 1.31. The van der Waals surface area contributed by atoms with E-state index in [1.54, 1.807) is 18.5 Å².